The topological polar surface area (TPSA) is 58.6 Å². The molecule has 5 nitrogen and oxygen atoms in total. The number of nitrogens with one attached hydrogen (secondary N) is 1. The van der Waals surface area contributed by atoms with Gasteiger partial charge in [0.15, 0.2) is 6.61 Å². The third kappa shape index (κ3) is 5.03. The summed E-state index contributed by atoms with van der Waals surface area (Å²) < 4.78 is 5.08. The minimum Gasteiger partial charge on any atom is -0.452 e. The number of hydrogen-bond acceptors (Lipinski definition) is 5. The summed E-state index contributed by atoms with van der Waals surface area (Å²) in [6.45, 7) is -0.325. The molecule has 24 heavy (non-hydrogen) atoms. The van der Waals surface area contributed by atoms with Gasteiger partial charge in [-0.2, -0.15) is 0 Å². The first-order chi connectivity index (χ1) is 11.5. The van der Waals surface area contributed by atoms with Crippen molar-refractivity contribution in [2.75, 3.05) is 37.2 Å². The van der Waals surface area contributed by atoms with Crippen molar-refractivity contribution in [3.05, 3.63) is 54.1 Å². The van der Waals surface area contributed by atoms with E-state index in [1.807, 2.05) is 49.5 Å². The van der Waals surface area contributed by atoms with Gasteiger partial charge in [-0.15, -0.1) is 11.8 Å². The van der Waals surface area contributed by atoms with Crippen LogP contribution in [-0.2, 0) is 9.53 Å². The second kappa shape index (κ2) is 8.40. The average Bonchev–Trinajstić information content (AvgIpc) is 2.60. The number of ether oxygens (including phenoxy) is 1. The number of esters is 1. The lowest BCUT2D eigenvalue weighted by Gasteiger charge is -2.13. The fourth-order valence-electron chi connectivity index (χ4n) is 2.02. The van der Waals surface area contributed by atoms with Gasteiger partial charge in [-0.1, -0.05) is 12.1 Å². The van der Waals surface area contributed by atoms with E-state index in [1.54, 1.807) is 36.0 Å². The largest absolute Gasteiger partial charge is 0.452 e. The molecule has 0 saturated carbocycles. The second-order valence-electron chi connectivity index (χ2n) is 5.30. The second-order valence-corrected chi connectivity index (χ2v) is 6.18. The Balaban J connectivity index is 1.91. The standard InChI is InChI=1S/C18H20N2O3S/c1-20(2)15-8-4-6-13(10-15)18(22)23-12-17(21)19-14-7-5-9-16(11-14)24-3/h4-11H,12H2,1-3H3,(H,19,21). The smallest absolute Gasteiger partial charge is 0.338 e. The SMILES string of the molecule is CSc1cccc(NC(=O)COC(=O)c2cccc(N(C)C)c2)c1. The zero-order valence-corrected chi connectivity index (χ0v) is 14.7. The van der Waals surface area contributed by atoms with Gasteiger partial charge < -0.3 is 15.0 Å². The zero-order valence-electron chi connectivity index (χ0n) is 13.9. The summed E-state index contributed by atoms with van der Waals surface area (Å²) in [5.74, 6) is -0.892. The van der Waals surface area contributed by atoms with E-state index in [0.29, 0.717) is 11.3 Å². The van der Waals surface area contributed by atoms with Gasteiger partial charge in [-0.3, -0.25) is 4.79 Å². The highest BCUT2D eigenvalue weighted by molar-refractivity contribution is 7.98. The predicted octanol–water partition coefficient (Wildman–Crippen LogP) is 3.27. The molecular weight excluding hydrogens is 324 g/mol. The van der Waals surface area contributed by atoms with Gasteiger partial charge in [0.05, 0.1) is 5.56 Å². The quantitative estimate of drug-likeness (QED) is 0.644. The van der Waals surface area contributed by atoms with Crippen molar-refractivity contribution in [1.82, 2.24) is 0 Å². The van der Waals surface area contributed by atoms with Gasteiger partial charge in [0.2, 0.25) is 0 Å². The Bertz CT molecular complexity index is 732. The molecule has 2 aromatic rings. The molecule has 0 bridgehead atoms. The number of carbonyl (C=O) groups excluding carboxylic acids is 2. The predicted molar refractivity (Wildman–Crippen MR) is 97.9 cm³/mol. The maximum Gasteiger partial charge on any atom is 0.338 e. The molecule has 0 spiro atoms. The Kier molecular flexibility index (Phi) is 6.26. The number of anilines is 2. The van der Waals surface area contributed by atoms with Gasteiger partial charge in [0.1, 0.15) is 0 Å². The highest BCUT2D eigenvalue weighted by Crippen LogP contribution is 2.19. The van der Waals surface area contributed by atoms with E-state index in [0.717, 1.165) is 10.6 Å². The molecule has 126 valence electrons. The van der Waals surface area contributed by atoms with Crippen LogP contribution in [0.2, 0.25) is 0 Å². The first kappa shape index (κ1) is 17.9. The van der Waals surface area contributed by atoms with Crippen molar-refractivity contribution in [1.29, 1.82) is 0 Å². The number of hydrogen-bond donors (Lipinski definition) is 1. The molecule has 2 rings (SSSR count). The van der Waals surface area contributed by atoms with Crippen LogP contribution in [-0.4, -0.2) is 38.8 Å². The van der Waals surface area contributed by atoms with E-state index in [9.17, 15) is 9.59 Å². The summed E-state index contributed by atoms with van der Waals surface area (Å²) in [4.78, 5) is 26.9. The van der Waals surface area contributed by atoms with Crippen LogP contribution in [0, 0.1) is 0 Å². The Morgan fingerprint density at radius 2 is 1.88 bits per heavy atom. The minimum atomic E-state index is -0.522. The van der Waals surface area contributed by atoms with Crippen molar-refractivity contribution in [3.63, 3.8) is 0 Å². The normalized spacial score (nSPS) is 10.1. The van der Waals surface area contributed by atoms with Gasteiger partial charge >= 0.3 is 5.97 Å². The lowest BCUT2D eigenvalue weighted by atomic mass is 10.2. The van der Waals surface area contributed by atoms with Crippen LogP contribution in [0.4, 0.5) is 11.4 Å². The number of carbonyl (C=O) groups is 2. The fourth-order valence-corrected chi connectivity index (χ4v) is 2.48. The number of nitrogens with zero attached hydrogens (tertiary/aromatic N) is 1. The van der Waals surface area contributed by atoms with Crippen LogP contribution in [0.5, 0.6) is 0 Å². The molecule has 0 radical (unpaired) electrons. The van der Waals surface area contributed by atoms with Crippen molar-refractivity contribution in [2.45, 2.75) is 4.90 Å². The molecule has 1 N–H and O–H groups in total. The maximum absolute atomic E-state index is 12.1. The molecule has 0 saturated heterocycles. The summed E-state index contributed by atoms with van der Waals surface area (Å²) in [6.07, 6.45) is 1.96. The van der Waals surface area contributed by atoms with Gasteiger partial charge in [0.25, 0.3) is 5.91 Å². The van der Waals surface area contributed by atoms with Gasteiger partial charge in [-0.25, -0.2) is 4.79 Å². The number of benzene rings is 2. The molecule has 2 aromatic carbocycles. The Labute approximate surface area is 146 Å². The maximum atomic E-state index is 12.1. The monoisotopic (exact) mass is 344 g/mol. The van der Waals surface area contributed by atoms with Crippen molar-refractivity contribution >= 4 is 35.0 Å². The third-order valence-corrected chi connectivity index (χ3v) is 4.01. The first-order valence-corrected chi connectivity index (χ1v) is 8.60. The number of amides is 1. The van der Waals surface area contributed by atoms with E-state index in [2.05, 4.69) is 5.32 Å². The van der Waals surface area contributed by atoms with Crippen molar-refractivity contribution in [2.24, 2.45) is 0 Å². The highest BCUT2D eigenvalue weighted by atomic mass is 32.2. The third-order valence-electron chi connectivity index (χ3n) is 3.29. The first-order valence-electron chi connectivity index (χ1n) is 7.38. The number of rotatable bonds is 6. The summed E-state index contributed by atoms with van der Waals surface area (Å²) in [6, 6.07) is 14.5. The Hall–Kier alpha value is -2.47. The molecule has 0 aliphatic carbocycles. The fraction of sp³-hybridized carbons (Fsp3) is 0.222. The van der Waals surface area contributed by atoms with Gasteiger partial charge in [-0.05, 0) is 42.7 Å². The average molecular weight is 344 g/mol. The summed E-state index contributed by atoms with van der Waals surface area (Å²) in [5.41, 5.74) is 1.98. The van der Waals surface area contributed by atoms with Crippen molar-refractivity contribution < 1.29 is 14.3 Å². The molecular formula is C18H20N2O3S. The van der Waals surface area contributed by atoms with E-state index < -0.39 is 5.97 Å². The lowest BCUT2D eigenvalue weighted by molar-refractivity contribution is -0.119. The lowest BCUT2D eigenvalue weighted by Crippen LogP contribution is -2.21. The molecule has 0 atom stereocenters. The van der Waals surface area contributed by atoms with Gasteiger partial charge in [0, 0.05) is 30.4 Å². The zero-order chi connectivity index (χ0) is 17.5. The van der Waals surface area contributed by atoms with Crippen LogP contribution in [0.3, 0.4) is 0 Å². The minimum absolute atomic E-state index is 0.325. The van der Waals surface area contributed by atoms with E-state index in [-0.39, 0.29) is 12.5 Å². The van der Waals surface area contributed by atoms with Crippen LogP contribution >= 0.6 is 11.8 Å². The molecule has 0 unspecified atom stereocenters. The Morgan fingerprint density at radius 1 is 1.12 bits per heavy atom. The molecule has 0 heterocycles. The highest BCUT2D eigenvalue weighted by Gasteiger charge is 2.11. The molecule has 0 aromatic heterocycles. The van der Waals surface area contributed by atoms with E-state index >= 15 is 0 Å². The molecule has 0 fully saturated rings. The molecule has 0 aliphatic heterocycles. The summed E-state index contributed by atoms with van der Waals surface area (Å²) in [7, 11) is 3.78. The van der Waals surface area contributed by atoms with Crippen LogP contribution in [0.25, 0.3) is 0 Å². The molecule has 0 aliphatic rings. The van der Waals surface area contributed by atoms with Crippen molar-refractivity contribution in [3.8, 4) is 0 Å². The van der Waals surface area contributed by atoms with Crippen LogP contribution in [0.15, 0.2) is 53.4 Å². The summed E-state index contributed by atoms with van der Waals surface area (Å²) in [5, 5.41) is 2.72. The molecule has 1 amide bonds. The number of thioether (sulfide) groups is 1. The molecule has 6 heteroatoms. The van der Waals surface area contributed by atoms with Crippen LogP contribution in [0.1, 0.15) is 10.4 Å². The van der Waals surface area contributed by atoms with E-state index in [4.69, 9.17) is 4.74 Å². The summed E-state index contributed by atoms with van der Waals surface area (Å²) >= 11 is 1.59. The Morgan fingerprint density at radius 3 is 2.58 bits per heavy atom. The van der Waals surface area contributed by atoms with Crippen LogP contribution < -0.4 is 10.2 Å². The van der Waals surface area contributed by atoms with E-state index in [1.165, 1.54) is 0 Å².